The van der Waals surface area contributed by atoms with Gasteiger partial charge in [0.25, 0.3) is 0 Å². The summed E-state index contributed by atoms with van der Waals surface area (Å²) in [4.78, 5) is 20.5. The number of hydrogen-bond acceptors (Lipinski definition) is 5. The van der Waals surface area contributed by atoms with Crippen LogP contribution in [0, 0.1) is 5.92 Å². The maximum atomic E-state index is 5.27. The van der Waals surface area contributed by atoms with Gasteiger partial charge in [-0.3, -0.25) is 4.99 Å². The van der Waals surface area contributed by atoms with Gasteiger partial charge in [0.15, 0.2) is 11.7 Å². The lowest BCUT2D eigenvalue weighted by atomic mass is 9.83. The predicted octanol–water partition coefficient (Wildman–Crippen LogP) is 12.7. The Labute approximate surface area is 351 Å². The normalized spacial score (nSPS) is 17.5. The van der Waals surface area contributed by atoms with Crippen LogP contribution in [0.2, 0.25) is 0 Å². The SMILES string of the molecule is CCC1C(c2ccc(-c3cccc4ccc(-c5ccc(C6=NC(c7ccccc7)=NC(c7ccccc7)N6)cc5)cc34)cc2)=NC(c2ccccc2)=NC1c1ccccc1. The lowest BCUT2D eigenvalue weighted by Gasteiger charge is -2.30. The molecule has 3 atom stereocenters. The van der Waals surface area contributed by atoms with Crippen molar-refractivity contribution in [2.24, 2.45) is 25.9 Å². The van der Waals surface area contributed by atoms with Gasteiger partial charge >= 0.3 is 0 Å². The first-order chi connectivity index (χ1) is 29.7. The van der Waals surface area contributed by atoms with E-state index in [1.165, 1.54) is 27.5 Å². The maximum Gasteiger partial charge on any atom is 0.159 e. The van der Waals surface area contributed by atoms with Crippen LogP contribution in [0.1, 0.15) is 58.9 Å². The molecular weight excluding hydrogens is 731 g/mol. The van der Waals surface area contributed by atoms with Crippen LogP contribution in [0.4, 0.5) is 0 Å². The average Bonchev–Trinajstić information content (AvgIpc) is 3.34. The zero-order valence-electron chi connectivity index (χ0n) is 33.4. The van der Waals surface area contributed by atoms with E-state index in [-0.39, 0.29) is 18.1 Å². The van der Waals surface area contributed by atoms with E-state index in [1.54, 1.807) is 0 Å². The Morgan fingerprint density at radius 3 is 1.63 bits per heavy atom. The molecule has 0 radical (unpaired) electrons. The van der Waals surface area contributed by atoms with Gasteiger partial charge in [-0.05, 0) is 62.2 Å². The van der Waals surface area contributed by atoms with Crippen molar-refractivity contribution in [1.82, 2.24) is 5.32 Å². The summed E-state index contributed by atoms with van der Waals surface area (Å²) in [5, 5.41) is 6.01. The average molecular weight is 774 g/mol. The van der Waals surface area contributed by atoms with Gasteiger partial charge in [-0.25, -0.2) is 15.0 Å². The summed E-state index contributed by atoms with van der Waals surface area (Å²) in [5.74, 6) is 2.46. The van der Waals surface area contributed by atoms with Gasteiger partial charge in [0.1, 0.15) is 12.0 Å². The quantitative estimate of drug-likeness (QED) is 0.156. The fourth-order valence-corrected chi connectivity index (χ4v) is 8.44. The van der Waals surface area contributed by atoms with E-state index in [1.807, 2.05) is 42.5 Å². The Morgan fingerprint density at radius 1 is 0.433 bits per heavy atom. The van der Waals surface area contributed by atoms with Crippen LogP contribution in [0.25, 0.3) is 33.0 Å². The van der Waals surface area contributed by atoms with Gasteiger partial charge in [-0.15, -0.1) is 0 Å². The second-order valence-electron chi connectivity index (χ2n) is 15.3. The molecule has 0 aliphatic carbocycles. The molecule has 10 rings (SSSR count). The number of nitrogens with one attached hydrogen (secondary N) is 1. The first kappa shape index (κ1) is 36.8. The number of amidine groups is 3. The van der Waals surface area contributed by atoms with Gasteiger partial charge in [0.2, 0.25) is 0 Å². The summed E-state index contributed by atoms with van der Waals surface area (Å²) in [6.07, 6.45) is 0.692. The van der Waals surface area contributed by atoms with Crippen LogP contribution in [0.3, 0.4) is 0 Å². The zero-order valence-corrected chi connectivity index (χ0v) is 33.4. The van der Waals surface area contributed by atoms with E-state index < -0.39 is 0 Å². The standard InChI is InChI=1S/C55H43N5/c1-2-47-50(40-16-7-3-8-17-40)56-52(42-18-9-4-10-19-42)57-51(47)41-31-28-39(29-32-41)48-25-15-24-38-30-35-46(36-49(38)48)37-26-33-45(34-27-37)55-59-53(43-20-11-5-12-21-43)58-54(60-55)44-22-13-6-14-23-44/h3-36,47,50,53H,2H2,1H3,(H,58,59,60). The smallest absolute Gasteiger partial charge is 0.159 e. The molecule has 3 unspecified atom stereocenters. The van der Waals surface area contributed by atoms with E-state index in [4.69, 9.17) is 20.0 Å². The van der Waals surface area contributed by atoms with Crippen molar-refractivity contribution < 1.29 is 0 Å². The first-order valence-electron chi connectivity index (χ1n) is 20.7. The molecule has 0 saturated heterocycles. The molecule has 0 spiro atoms. The summed E-state index contributed by atoms with van der Waals surface area (Å²) in [5.41, 5.74) is 12.2. The highest BCUT2D eigenvalue weighted by Crippen LogP contribution is 2.38. The molecule has 0 amide bonds. The highest BCUT2D eigenvalue weighted by molar-refractivity contribution is 6.15. The molecule has 0 fully saturated rings. The van der Waals surface area contributed by atoms with Crippen molar-refractivity contribution >= 4 is 34.0 Å². The van der Waals surface area contributed by atoms with Crippen molar-refractivity contribution in [3.05, 3.63) is 240 Å². The largest absolute Gasteiger partial charge is 0.344 e. The minimum atomic E-state index is -0.239. The second-order valence-corrected chi connectivity index (χ2v) is 15.3. The Bertz CT molecular complexity index is 2900. The van der Waals surface area contributed by atoms with Crippen LogP contribution in [-0.4, -0.2) is 23.2 Å². The van der Waals surface area contributed by atoms with Crippen molar-refractivity contribution in [2.45, 2.75) is 25.6 Å². The van der Waals surface area contributed by atoms with Crippen LogP contribution < -0.4 is 5.32 Å². The monoisotopic (exact) mass is 773 g/mol. The Balaban J connectivity index is 0.954. The summed E-state index contributed by atoms with van der Waals surface area (Å²) in [6.45, 7) is 2.24. The third-order valence-corrected chi connectivity index (χ3v) is 11.6. The lowest BCUT2D eigenvalue weighted by Crippen LogP contribution is -2.33. The number of hydrogen-bond donors (Lipinski definition) is 1. The lowest BCUT2D eigenvalue weighted by molar-refractivity contribution is 0.532. The Kier molecular flexibility index (Phi) is 10.1. The summed E-state index contributed by atoms with van der Waals surface area (Å²) < 4.78 is 0. The number of rotatable bonds is 9. The highest BCUT2D eigenvalue weighted by Gasteiger charge is 2.31. The summed E-state index contributed by atoms with van der Waals surface area (Å²) >= 11 is 0. The summed E-state index contributed by atoms with van der Waals surface area (Å²) in [7, 11) is 0. The molecule has 2 heterocycles. The molecule has 1 N–H and O–H groups in total. The van der Waals surface area contributed by atoms with Crippen molar-refractivity contribution in [3.63, 3.8) is 0 Å². The molecule has 2 aliphatic heterocycles. The van der Waals surface area contributed by atoms with E-state index in [0.29, 0.717) is 0 Å². The van der Waals surface area contributed by atoms with Gasteiger partial charge in [0, 0.05) is 22.6 Å². The third kappa shape index (κ3) is 7.38. The van der Waals surface area contributed by atoms with Crippen LogP contribution >= 0.6 is 0 Å². The molecule has 5 nitrogen and oxygen atoms in total. The molecule has 5 heteroatoms. The number of benzene rings is 8. The fourth-order valence-electron chi connectivity index (χ4n) is 8.44. The minimum absolute atomic E-state index is 0.0112. The number of aliphatic imine (C=N–C) groups is 4. The van der Waals surface area contributed by atoms with Gasteiger partial charge < -0.3 is 5.32 Å². The summed E-state index contributed by atoms with van der Waals surface area (Å²) in [6, 6.07) is 72.5. The second kappa shape index (κ2) is 16.4. The van der Waals surface area contributed by atoms with Crippen molar-refractivity contribution in [3.8, 4) is 22.3 Å². The molecule has 0 aromatic heterocycles. The van der Waals surface area contributed by atoms with Crippen LogP contribution in [-0.2, 0) is 0 Å². The molecule has 8 aromatic carbocycles. The van der Waals surface area contributed by atoms with Crippen LogP contribution in [0.5, 0.6) is 0 Å². The topological polar surface area (TPSA) is 61.5 Å². The van der Waals surface area contributed by atoms with Crippen LogP contribution in [0.15, 0.2) is 226 Å². The molecular formula is C55H43N5. The van der Waals surface area contributed by atoms with Gasteiger partial charge in [0.05, 0.1) is 11.8 Å². The van der Waals surface area contributed by atoms with Crippen molar-refractivity contribution in [2.75, 3.05) is 0 Å². The third-order valence-electron chi connectivity index (χ3n) is 11.6. The molecule has 288 valence electrons. The Morgan fingerprint density at radius 2 is 0.983 bits per heavy atom. The highest BCUT2D eigenvalue weighted by atomic mass is 15.2. The maximum absolute atomic E-state index is 5.27. The zero-order chi connectivity index (χ0) is 40.3. The number of nitrogens with zero attached hydrogens (tertiary/aromatic N) is 4. The molecule has 8 aromatic rings. The van der Waals surface area contributed by atoms with Crippen molar-refractivity contribution in [1.29, 1.82) is 0 Å². The first-order valence-corrected chi connectivity index (χ1v) is 20.7. The molecule has 0 saturated carbocycles. The van der Waals surface area contributed by atoms with E-state index in [0.717, 1.165) is 68.6 Å². The van der Waals surface area contributed by atoms with Gasteiger partial charge in [-0.1, -0.05) is 207 Å². The molecule has 0 bridgehead atoms. The van der Waals surface area contributed by atoms with E-state index in [9.17, 15) is 0 Å². The predicted molar refractivity (Wildman–Crippen MR) is 249 cm³/mol. The fraction of sp³-hybridized carbons (Fsp3) is 0.0909. The van der Waals surface area contributed by atoms with Gasteiger partial charge in [-0.2, -0.15) is 0 Å². The number of fused-ring (bicyclic) bond motifs is 1. The molecule has 60 heavy (non-hydrogen) atoms. The molecule has 2 aliphatic rings. The van der Waals surface area contributed by atoms with E-state index in [2.05, 4.69) is 176 Å². The van der Waals surface area contributed by atoms with E-state index >= 15 is 0 Å². The Hall–Kier alpha value is -7.50. The minimum Gasteiger partial charge on any atom is -0.344 e.